The Kier molecular flexibility index (Phi) is 5.35. The average Bonchev–Trinajstić information content (AvgIpc) is 3.21. The minimum atomic E-state index is -0.590. The Labute approximate surface area is 174 Å². The fraction of sp³-hybridized carbons (Fsp3) is 0.261. The average molecular weight is 406 g/mol. The fourth-order valence-electron chi connectivity index (χ4n) is 3.64. The van der Waals surface area contributed by atoms with Crippen LogP contribution in [0.1, 0.15) is 43.3 Å². The molecule has 6 nitrogen and oxygen atoms in total. The van der Waals surface area contributed by atoms with E-state index in [0.717, 1.165) is 17.5 Å². The molecule has 2 aromatic carbocycles. The maximum Gasteiger partial charge on any atom is 0.322 e. The number of aryl methyl sites for hydroxylation is 1. The summed E-state index contributed by atoms with van der Waals surface area (Å²) in [5, 5.41) is 7.10. The number of amides is 2. The van der Waals surface area contributed by atoms with Crippen LogP contribution in [0, 0.1) is 12.7 Å². The molecule has 0 saturated heterocycles. The van der Waals surface area contributed by atoms with Gasteiger partial charge in [-0.15, -0.1) is 0 Å². The number of aromatic nitrogens is 2. The maximum absolute atomic E-state index is 13.9. The molecule has 7 heteroatoms. The molecule has 0 radical (unpaired) electrons. The summed E-state index contributed by atoms with van der Waals surface area (Å²) < 4.78 is 19.5. The van der Waals surface area contributed by atoms with Crippen LogP contribution in [0.15, 0.2) is 58.8 Å². The summed E-state index contributed by atoms with van der Waals surface area (Å²) in [6.07, 6.45) is 0.793. The van der Waals surface area contributed by atoms with Gasteiger partial charge < -0.3 is 9.84 Å². The number of carbonyl (C=O) groups excluding carboxylic acids is 1. The van der Waals surface area contributed by atoms with Gasteiger partial charge in [0.05, 0.1) is 11.6 Å². The molecule has 0 saturated carbocycles. The van der Waals surface area contributed by atoms with Crippen molar-refractivity contribution in [1.82, 2.24) is 20.4 Å². The van der Waals surface area contributed by atoms with Crippen LogP contribution in [0.2, 0.25) is 0 Å². The van der Waals surface area contributed by atoms with Gasteiger partial charge in [0.1, 0.15) is 5.82 Å². The topological polar surface area (TPSA) is 71.3 Å². The van der Waals surface area contributed by atoms with Gasteiger partial charge in [0.15, 0.2) is 0 Å². The molecule has 2 amide bonds. The van der Waals surface area contributed by atoms with E-state index in [2.05, 4.69) is 15.5 Å². The molecule has 0 spiro atoms. The van der Waals surface area contributed by atoms with E-state index >= 15 is 0 Å². The minimum Gasteiger partial charge on any atom is -0.334 e. The van der Waals surface area contributed by atoms with Crippen molar-refractivity contribution >= 4 is 11.6 Å². The number of halogens is 1. The number of carbonyl (C=O) groups is 1. The second-order valence-corrected chi connectivity index (χ2v) is 7.38. The highest BCUT2D eigenvalue weighted by atomic mass is 19.1. The number of nitrogens with one attached hydrogen (secondary N) is 1. The Balaban J connectivity index is 1.81. The van der Waals surface area contributed by atoms with Crippen molar-refractivity contribution in [1.29, 1.82) is 0 Å². The van der Waals surface area contributed by atoms with Gasteiger partial charge in [-0.05, 0) is 38.0 Å². The van der Waals surface area contributed by atoms with Crippen LogP contribution >= 0.6 is 0 Å². The molecule has 1 N–H and O–H groups in total. The van der Waals surface area contributed by atoms with E-state index in [1.165, 1.54) is 12.1 Å². The van der Waals surface area contributed by atoms with Crippen molar-refractivity contribution in [2.75, 3.05) is 6.54 Å². The number of hydrogen-bond donors (Lipinski definition) is 1. The number of rotatable bonds is 5. The second kappa shape index (κ2) is 8.10. The highest BCUT2D eigenvalue weighted by Crippen LogP contribution is 2.37. The van der Waals surface area contributed by atoms with Crippen molar-refractivity contribution in [2.24, 2.45) is 0 Å². The van der Waals surface area contributed by atoms with Gasteiger partial charge in [-0.3, -0.25) is 4.90 Å². The molecular weight excluding hydrogens is 383 g/mol. The summed E-state index contributed by atoms with van der Waals surface area (Å²) in [7, 11) is 0. The van der Waals surface area contributed by atoms with E-state index in [-0.39, 0.29) is 11.8 Å². The summed E-state index contributed by atoms with van der Waals surface area (Å²) in [5.41, 5.74) is 3.97. The monoisotopic (exact) mass is 406 g/mol. The SMILES string of the molecule is CCCN1C(=O)NC(c2cccc(F)c2)C(c2nc(-c3ccc(C)cc3)no2)=C1C. The van der Waals surface area contributed by atoms with Crippen LogP contribution in [-0.2, 0) is 0 Å². The molecule has 4 rings (SSSR count). The number of allylic oxidation sites excluding steroid dienone is 1. The lowest BCUT2D eigenvalue weighted by atomic mass is 9.94. The van der Waals surface area contributed by atoms with Crippen LogP contribution in [0.4, 0.5) is 9.18 Å². The molecule has 0 bridgehead atoms. The third kappa shape index (κ3) is 3.70. The van der Waals surface area contributed by atoms with Crippen molar-refractivity contribution < 1.29 is 13.7 Å². The smallest absolute Gasteiger partial charge is 0.322 e. The number of urea groups is 1. The summed E-state index contributed by atoms with van der Waals surface area (Å²) in [6.45, 7) is 6.42. The zero-order valence-corrected chi connectivity index (χ0v) is 17.1. The van der Waals surface area contributed by atoms with Crippen LogP contribution in [0.5, 0.6) is 0 Å². The Morgan fingerprint density at radius 1 is 1.17 bits per heavy atom. The van der Waals surface area contributed by atoms with Gasteiger partial charge in [0.25, 0.3) is 5.89 Å². The summed E-state index contributed by atoms with van der Waals surface area (Å²) in [6, 6.07) is 13.2. The zero-order valence-electron chi connectivity index (χ0n) is 17.1. The number of benzene rings is 2. The van der Waals surface area contributed by atoms with Crippen LogP contribution in [0.25, 0.3) is 17.0 Å². The molecule has 1 unspecified atom stereocenters. The molecule has 3 aromatic rings. The standard InChI is InChI=1S/C23H23FN4O2/c1-4-12-28-15(3)19(20(25-23(28)29)17-6-5-7-18(24)13-17)22-26-21(27-30-22)16-10-8-14(2)9-11-16/h5-11,13,20H,4,12H2,1-3H3,(H,25,29). The molecule has 30 heavy (non-hydrogen) atoms. The molecule has 0 fully saturated rings. The van der Waals surface area contributed by atoms with Gasteiger partial charge in [-0.1, -0.05) is 54.0 Å². The van der Waals surface area contributed by atoms with Crippen LogP contribution in [0.3, 0.4) is 0 Å². The quantitative estimate of drug-likeness (QED) is 0.641. The van der Waals surface area contributed by atoms with Gasteiger partial charge in [0, 0.05) is 17.8 Å². The molecule has 1 aromatic heterocycles. The largest absolute Gasteiger partial charge is 0.334 e. The third-order valence-corrected chi connectivity index (χ3v) is 5.19. The molecule has 1 atom stereocenters. The number of hydrogen-bond acceptors (Lipinski definition) is 4. The zero-order chi connectivity index (χ0) is 21.3. The van der Waals surface area contributed by atoms with Gasteiger partial charge in [-0.25, -0.2) is 9.18 Å². The van der Waals surface area contributed by atoms with E-state index in [1.807, 2.05) is 45.0 Å². The predicted molar refractivity (Wildman–Crippen MR) is 112 cm³/mol. The molecule has 0 aliphatic carbocycles. The second-order valence-electron chi connectivity index (χ2n) is 7.38. The van der Waals surface area contributed by atoms with Crippen molar-refractivity contribution in [3.05, 3.63) is 77.1 Å². The van der Waals surface area contributed by atoms with Gasteiger partial charge >= 0.3 is 6.03 Å². The van der Waals surface area contributed by atoms with Crippen LogP contribution in [-0.4, -0.2) is 27.6 Å². The summed E-state index contributed by atoms with van der Waals surface area (Å²) >= 11 is 0. The van der Waals surface area contributed by atoms with E-state index in [0.29, 0.717) is 35.1 Å². The van der Waals surface area contributed by atoms with Crippen molar-refractivity contribution in [3.8, 4) is 11.4 Å². The highest BCUT2D eigenvalue weighted by Gasteiger charge is 2.35. The summed E-state index contributed by atoms with van der Waals surface area (Å²) in [4.78, 5) is 19.0. The Bertz CT molecular complexity index is 1100. The van der Waals surface area contributed by atoms with E-state index < -0.39 is 6.04 Å². The lowest BCUT2D eigenvalue weighted by molar-refractivity contribution is 0.205. The first kappa shape index (κ1) is 19.8. The normalized spacial score (nSPS) is 16.7. The van der Waals surface area contributed by atoms with E-state index in [4.69, 9.17) is 4.52 Å². The summed E-state index contributed by atoms with van der Waals surface area (Å²) in [5.74, 6) is 0.390. The Hall–Kier alpha value is -3.48. The van der Waals surface area contributed by atoms with Crippen LogP contribution < -0.4 is 5.32 Å². The highest BCUT2D eigenvalue weighted by molar-refractivity contribution is 5.86. The maximum atomic E-state index is 13.9. The van der Waals surface area contributed by atoms with Gasteiger partial charge in [-0.2, -0.15) is 4.98 Å². The first-order chi connectivity index (χ1) is 14.5. The van der Waals surface area contributed by atoms with E-state index in [9.17, 15) is 9.18 Å². The molecule has 2 heterocycles. The predicted octanol–water partition coefficient (Wildman–Crippen LogP) is 5.09. The molecule has 1 aliphatic rings. The lowest BCUT2D eigenvalue weighted by Gasteiger charge is -2.35. The molecule has 1 aliphatic heterocycles. The first-order valence-electron chi connectivity index (χ1n) is 9.93. The molecule has 154 valence electrons. The van der Waals surface area contributed by atoms with Crippen molar-refractivity contribution in [2.45, 2.75) is 33.2 Å². The van der Waals surface area contributed by atoms with Crippen molar-refractivity contribution in [3.63, 3.8) is 0 Å². The first-order valence-corrected chi connectivity index (χ1v) is 9.93. The Morgan fingerprint density at radius 2 is 1.93 bits per heavy atom. The Morgan fingerprint density at radius 3 is 2.63 bits per heavy atom. The minimum absolute atomic E-state index is 0.231. The van der Waals surface area contributed by atoms with E-state index in [1.54, 1.807) is 17.0 Å². The number of nitrogens with zero attached hydrogens (tertiary/aromatic N) is 3. The van der Waals surface area contributed by atoms with Gasteiger partial charge in [0.2, 0.25) is 5.82 Å². The lowest BCUT2D eigenvalue weighted by Crippen LogP contribution is -2.46. The third-order valence-electron chi connectivity index (χ3n) is 5.19. The fourth-order valence-corrected chi connectivity index (χ4v) is 3.64. The molecular formula is C23H23FN4O2.